The van der Waals surface area contributed by atoms with Gasteiger partial charge in [-0.25, -0.2) is 15.3 Å². The van der Waals surface area contributed by atoms with Crippen LogP contribution in [0.1, 0.15) is 29.7 Å². The van der Waals surface area contributed by atoms with Gasteiger partial charge in [0.1, 0.15) is 11.0 Å². The number of aromatic amines is 2. The van der Waals surface area contributed by atoms with Gasteiger partial charge in [0.25, 0.3) is 11.5 Å². The van der Waals surface area contributed by atoms with Gasteiger partial charge >= 0.3 is 5.69 Å². The summed E-state index contributed by atoms with van der Waals surface area (Å²) in [5, 5.41) is 9.11. The Balaban J connectivity index is 1.79. The van der Waals surface area contributed by atoms with Crippen LogP contribution in [0.5, 0.6) is 5.75 Å². The van der Waals surface area contributed by atoms with Crippen molar-refractivity contribution in [2.24, 2.45) is 5.10 Å². The second kappa shape index (κ2) is 10.9. The molecule has 0 aliphatic rings. The molecule has 31 heavy (non-hydrogen) atoms. The van der Waals surface area contributed by atoms with E-state index in [9.17, 15) is 14.4 Å². The second-order valence-electron chi connectivity index (χ2n) is 6.34. The van der Waals surface area contributed by atoms with Crippen LogP contribution in [-0.2, 0) is 4.79 Å². The molecule has 9 nitrogen and oxygen atoms in total. The van der Waals surface area contributed by atoms with Crippen molar-refractivity contribution in [1.29, 1.82) is 0 Å². The fraction of sp³-hybridized carbons (Fsp3) is 0.190. The largest absolute Gasteiger partial charge is 0.493 e. The molecule has 1 aromatic heterocycles. The summed E-state index contributed by atoms with van der Waals surface area (Å²) in [7, 11) is 0. The van der Waals surface area contributed by atoms with E-state index in [2.05, 4.69) is 25.7 Å². The van der Waals surface area contributed by atoms with Gasteiger partial charge in [-0.15, -0.1) is 0 Å². The monoisotopic (exact) mass is 439 g/mol. The number of rotatable bonds is 9. The minimum atomic E-state index is -0.815. The highest BCUT2D eigenvalue weighted by atomic mass is 32.2. The van der Waals surface area contributed by atoms with Crippen LogP contribution in [0.2, 0.25) is 0 Å². The molecule has 1 amide bonds. The van der Waals surface area contributed by atoms with Gasteiger partial charge in [-0.2, -0.15) is 10.2 Å². The zero-order chi connectivity index (χ0) is 22.1. The van der Waals surface area contributed by atoms with E-state index in [0.29, 0.717) is 17.9 Å². The van der Waals surface area contributed by atoms with Crippen LogP contribution in [-0.4, -0.2) is 33.9 Å². The number of benzene rings is 2. The first-order valence-corrected chi connectivity index (χ1v) is 10.4. The molecule has 160 valence electrons. The third-order valence-electron chi connectivity index (χ3n) is 4.01. The molecule has 0 aliphatic heterocycles. The standard InChI is InChI=1S/C21H21N5O4S/c1-2-12-30-16-11-7-6-10-15(16)13-22-24-18(27)17(14-8-4-3-5-9-14)31-20-19(28)23-21(29)26-25-20/h3-11,13,17H,2,12H2,1H3,(H,24,27)(H2,23,26,28,29)/b22-13-. The predicted molar refractivity (Wildman–Crippen MR) is 118 cm³/mol. The molecule has 1 atom stereocenters. The van der Waals surface area contributed by atoms with E-state index < -0.39 is 22.4 Å². The lowest BCUT2D eigenvalue weighted by Crippen LogP contribution is -2.28. The highest BCUT2D eigenvalue weighted by Crippen LogP contribution is 2.32. The first-order valence-electron chi connectivity index (χ1n) is 9.54. The van der Waals surface area contributed by atoms with Gasteiger partial charge in [-0.05, 0) is 24.1 Å². The van der Waals surface area contributed by atoms with E-state index in [4.69, 9.17) is 4.74 Å². The van der Waals surface area contributed by atoms with Crippen LogP contribution in [0.25, 0.3) is 0 Å². The smallest absolute Gasteiger partial charge is 0.342 e. The topological polar surface area (TPSA) is 129 Å². The molecule has 1 heterocycles. The van der Waals surface area contributed by atoms with Crippen molar-refractivity contribution in [3.63, 3.8) is 0 Å². The third kappa shape index (κ3) is 6.16. The number of carbonyl (C=O) groups is 1. The summed E-state index contributed by atoms with van der Waals surface area (Å²) in [6.45, 7) is 2.59. The SMILES string of the molecule is CCCOc1ccccc1/C=N\NC(=O)C(Sc1n[nH]c(=O)[nH]c1=O)c1ccccc1. The lowest BCUT2D eigenvalue weighted by atomic mass is 10.1. The average molecular weight is 439 g/mol. The maximum atomic E-state index is 12.9. The van der Waals surface area contributed by atoms with E-state index >= 15 is 0 Å². The summed E-state index contributed by atoms with van der Waals surface area (Å²) in [4.78, 5) is 38.2. The number of ether oxygens (including phenoxy) is 1. The van der Waals surface area contributed by atoms with Crippen molar-refractivity contribution in [3.8, 4) is 5.75 Å². The van der Waals surface area contributed by atoms with E-state index in [1.54, 1.807) is 24.3 Å². The molecule has 3 rings (SSSR count). The fourth-order valence-corrected chi connectivity index (χ4v) is 3.52. The molecule has 0 aliphatic carbocycles. The van der Waals surface area contributed by atoms with Crippen LogP contribution < -0.4 is 21.4 Å². The Morgan fingerprint density at radius 3 is 2.68 bits per heavy atom. The Morgan fingerprint density at radius 2 is 1.94 bits per heavy atom. The van der Waals surface area contributed by atoms with Crippen molar-refractivity contribution >= 4 is 23.9 Å². The molecule has 0 fully saturated rings. The molecule has 0 radical (unpaired) electrons. The minimum absolute atomic E-state index is 0.0362. The molecule has 10 heteroatoms. The molecular formula is C21H21N5O4S. The highest BCUT2D eigenvalue weighted by Gasteiger charge is 2.24. The number of thioether (sulfide) groups is 1. The van der Waals surface area contributed by atoms with Crippen LogP contribution in [0.15, 0.2) is 74.3 Å². The molecule has 0 saturated heterocycles. The van der Waals surface area contributed by atoms with E-state index in [0.717, 1.165) is 23.7 Å². The summed E-state index contributed by atoms with van der Waals surface area (Å²) in [6.07, 6.45) is 2.37. The maximum absolute atomic E-state index is 12.9. The number of H-pyrrole nitrogens is 2. The lowest BCUT2D eigenvalue weighted by molar-refractivity contribution is -0.120. The van der Waals surface area contributed by atoms with Crippen LogP contribution in [0, 0.1) is 0 Å². The Kier molecular flexibility index (Phi) is 7.77. The normalized spacial score (nSPS) is 11.9. The van der Waals surface area contributed by atoms with Crippen LogP contribution in [0.3, 0.4) is 0 Å². The van der Waals surface area contributed by atoms with Crippen molar-refractivity contribution in [2.45, 2.75) is 23.6 Å². The van der Waals surface area contributed by atoms with Gasteiger partial charge in [0.2, 0.25) is 0 Å². The molecule has 3 N–H and O–H groups in total. The van der Waals surface area contributed by atoms with Crippen LogP contribution in [0.4, 0.5) is 0 Å². The molecule has 0 bridgehead atoms. The number of nitrogens with zero attached hydrogens (tertiary/aromatic N) is 2. The highest BCUT2D eigenvalue weighted by molar-refractivity contribution is 8.00. The number of para-hydroxylation sites is 1. The van der Waals surface area contributed by atoms with Crippen molar-refractivity contribution < 1.29 is 9.53 Å². The van der Waals surface area contributed by atoms with Gasteiger partial charge < -0.3 is 4.74 Å². The fourth-order valence-electron chi connectivity index (χ4n) is 2.58. The van der Waals surface area contributed by atoms with Gasteiger partial charge in [-0.3, -0.25) is 14.6 Å². The first-order chi connectivity index (χ1) is 15.1. The van der Waals surface area contributed by atoms with E-state index in [-0.39, 0.29) is 5.03 Å². The summed E-state index contributed by atoms with van der Waals surface area (Å²) in [5.74, 6) is 0.215. The summed E-state index contributed by atoms with van der Waals surface area (Å²) >= 11 is 0.910. The Morgan fingerprint density at radius 1 is 1.19 bits per heavy atom. The molecule has 1 unspecified atom stereocenters. The first kappa shape index (κ1) is 22.0. The Hall–Kier alpha value is -3.66. The number of nitrogens with one attached hydrogen (secondary N) is 3. The molecule has 0 spiro atoms. The summed E-state index contributed by atoms with van der Waals surface area (Å²) in [5.41, 5.74) is 2.49. The molecular weight excluding hydrogens is 418 g/mol. The zero-order valence-electron chi connectivity index (χ0n) is 16.7. The Bertz CT molecular complexity index is 1160. The number of hydrazone groups is 1. The van der Waals surface area contributed by atoms with Gasteiger partial charge in [0.05, 0.1) is 12.8 Å². The molecule has 3 aromatic rings. The number of aromatic nitrogens is 3. The van der Waals surface area contributed by atoms with Crippen molar-refractivity contribution in [1.82, 2.24) is 20.6 Å². The predicted octanol–water partition coefficient (Wildman–Crippen LogP) is 2.23. The third-order valence-corrected chi connectivity index (χ3v) is 5.23. The minimum Gasteiger partial charge on any atom is -0.493 e. The lowest BCUT2D eigenvalue weighted by Gasteiger charge is -2.14. The van der Waals surface area contributed by atoms with Crippen molar-refractivity contribution in [2.75, 3.05) is 6.61 Å². The second-order valence-corrected chi connectivity index (χ2v) is 7.43. The van der Waals surface area contributed by atoms with Crippen molar-refractivity contribution in [3.05, 3.63) is 86.6 Å². The molecule has 2 aromatic carbocycles. The maximum Gasteiger partial charge on any atom is 0.342 e. The van der Waals surface area contributed by atoms with Gasteiger partial charge in [0, 0.05) is 5.56 Å². The molecule has 0 saturated carbocycles. The van der Waals surface area contributed by atoms with E-state index in [1.165, 1.54) is 6.21 Å². The Labute approximate surface area is 181 Å². The summed E-state index contributed by atoms with van der Waals surface area (Å²) < 4.78 is 5.68. The number of hydrogen-bond acceptors (Lipinski definition) is 7. The van der Waals surface area contributed by atoms with Gasteiger partial charge in [0.15, 0.2) is 5.03 Å². The van der Waals surface area contributed by atoms with Crippen LogP contribution >= 0.6 is 11.8 Å². The number of hydrogen-bond donors (Lipinski definition) is 3. The number of amides is 1. The van der Waals surface area contributed by atoms with Gasteiger partial charge in [-0.1, -0.05) is 61.2 Å². The summed E-state index contributed by atoms with van der Waals surface area (Å²) in [6, 6.07) is 16.3. The number of carbonyl (C=O) groups excluding carboxylic acids is 1. The quantitative estimate of drug-likeness (QED) is 0.266. The average Bonchev–Trinajstić information content (AvgIpc) is 2.78. The van der Waals surface area contributed by atoms with E-state index in [1.807, 2.05) is 37.3 Å². The zero-order valence-corrected chi connectivity index (χ0v) is 17.5.